The lowest BCUT2D eigenvalue weighted by atomic mass is 9.77. The van der Waals surface area contributed by atoms with Crippen LogP contribution in [-0.4, -0.2) is 6.36 Å². The first-order chi connectivity index (χ1) is 15.1. The Morgan fingerprint density at radius 2 is 1.66 bits per heavy atom. The lowest BCUT2D eigenvalue weighted by Gasteiger charge is -2.29. The van der Waals surface area contributed by atoms with E-state index in [1.54, 1.807) is 6.08 Å². The molecule has 0 spiro atoms. The first-order valence-corrected chi connectivity index (χ1v) is 11.3. The summed E-state index contributed by atoms with van der Waals surface area (Å²) in [6.45, 7) is 2.17. The number of benzene rings is 2. The summed E-state index contributed by atoms with van der Waals surface area (Å²) in [6, 6.07) is 5.33. The maximum absolute atomic E-state index is 15.0. The fraction of sp³-hybridized carbons (Fsp3) is 0.440. The van der Waals surface area contributed by atoms with E-state index in [0.29, 0.717) is 28.2 Å². The van der Waals surface area contributed by atoms with Crippen LogP contribution in [0, 0.1) is 17.6 Å². The lowest BCUT2D eigenvalue weighted by molar-refractivity contribution is -0.274. The zero-order valence-electron chi connectivity index (χ0n) is 17.7. The second-order valence-corrected chi connectivity index (χ2v) is 9.15. The van der Waals surface area contributed by atoms with Crippen LogP contribution in [-0.2, 0) is 6.42 Å². The molecule has 0 heterocycles. The molecule has 0 radical (unpaired) electrons. The summed E-state index contributed by atoms with van der Waals surface area (Å²) in [5.41, 5.74) is 1.91. The van der Waals surface area contributed by atoms with E-state index in [9.17, 15) is 13.2 Å². The summed E-state index contributed by atoms with van der Waals surface area (Å²) < 4.78 is 71.8. The summed E-state index contributed by atoms with van der Waals surface area (Å²) in [5, 5.41) is -0.214. The normalized spacial score (nSPS) is 20.8. The maximum atomic E-state index is 15.0. The van der Waals surface area contributed by atoms with Crippen molar-refractivity contribution in [3.63, 3.8) is 0 Å². The summed E-state index contributed by atoms with van der Waals surface area (Å²) in [6.07, 6.45) is 3.14. The molecule has 0 atom stereocenters. The standard InChI is InChI=1S/C25H24ClF5O/c1-2-3-14-4-6-15(7-5-14)18-11-21(27)24(22(28)12-18)19-8-16-10-20(26)23(13-17(16)9-19)32-25(29,30)31/h8,10-15H,2-7,9H2,1H3. The quantitative estimate of drug-likeness (QED) is 0.397. The van der Waals surface area contributed by atoms with Crippen LogP contribution in [0.15, 0.2) is 24.3 Å². The van der Waals surface area contributed by atoms with E-state index >= 15 is 8.78 Å². The number of hydrogen-bond acceptors (Lipinski definition) is 1. The van der Waals surface area contributed by atoms with Crippen molar-refractivity contribution < 1.29 is 26.7 Å². The average molecular weight is 471 g/mol. The van der Waals surface area contributed by atoms with Gasteiger partial charge in [-0.15, -0.1) is 13.2 Å². The topological polar surface area (TPSA) is 9.23 Å². The number of hydrogen-bond donors (Lipinski definition) is 0. The molecule has 1 nitrogen and oxygen atoms in total. The van der Waals surface area contributed by atoms with E-state index in [1.807, 2.05) is 0 Å². The van der Waals surface area contributed by atoms with Gasteiger partial charge < -0.3 is 4.74 Å². The summed E-state index contributed by atoms with van der Waals surface area (Å²) in [5.74, 6) is -0.968. The highest BCUT2D eigenvalue weighted by molar-refractivity contribution is 6.32. The van der Waals surface area contributed by atoms with Crippen LogP contribution in [0.4, 0.5) is 22.0 Å². The van der Waals surface area contributed by atoms with Crippen LogP contribution >= 0.6 is 11.6 Å². The van der Waals surface area contributed by atoms with Gasteiger partial charge in [0, 0.05) is 5.56 Å². The monoisotopic (exact) mass is 470 g/mol. The van der Waals surface area contributed by atoms with E-state index in [2.05, 4.69) is 11.7 Å². The van der Waals surface area contributed by atoms with Crippen molar-refractivity contribution in [3.8, 4) is 5.75 Å². The Hall–Kier alpha value is -2.08. The van der Waals surface area contributed by atoms with Crippen LogP contribution in [0.2, 0.25) is 5.02 Å². The molecule has 7 heteroatoms. The molecule has 2 aliphatic rings. The number of rotatable bonds is 5. The predicted octanol–water partition coefficient (Wildman–Crippen LogP) is 8.69. The number of fused-ring (bicyclic) bond motifs is 1. The highest BCUT2D eigenvalue weighted by Crippen LogP contribution is 2.42. The molecule has 0 aromatic heterocycles. The van der Waals surface area contributed by atoms with Gasteiger partial charge in [0.2, 0.25) is 0 Å². The molecule has 1 saturated carbocycles. The Morgan fingerprint density at radius 3 is 2.25 bits per heavy atom. The van der Waals surface area contributed by atoms with Crippen molar-refractivity contribution in [1.82, 2.24) is 0 Å². The highest BCUT2D eigenvalue weighted by atomic mass is 35.5. The van der Waals surface area contributed by atoms with Gasteiger partial charge in [-0.1, -0.05) is 37.4 Å². The van der Waals surface area contributed by atoms with Gasteiger partial charge in [0.25, 0.3) is 0 Å². The van der Waals surface area contributed by atoms with Crippen molar-refractivity contribution >= 4 is 23.3 Å². The van der Waals surface area contributed by atoms with E-state index in [-0.39, 0.29) is 22.9 Å². The van der Waals surface area contributed by atoms with Gasteiger partial charge >= 0.3 is 6.36 Å². The molecule has 2 aliphatic carbocycles. The SMILES string of the molecule is CCCC1CCC(c2cc(F)c(C3=Cc4cc(Cl)c(OC(F)(F)F)cc4C3)c(F)c2)CC1. The molecule has 0 aliphatic heterocycles. The molecule has 0 bridgehead atoms. The number of allylic oxidation sites excluding steroid dienone is 1. The van der Waals surface area contributed by atoms with Crippen LogP contribution in [0.25, 0.3) is 11.6 Å². The molecule has 0 unspecified atom stereocenters. The van der Waals surface area contributed by atoms with Crippen LogP contribution < -0.4 is 4.74 Å². The first kappa shape index (κ1) is 23.1. The smallest absolute Gasteiger partial charge is 0.404 e. The second-order valence-electron chi connectivity index (χ2n) is 8.74. The third kappa shape index (κ3) is 4.95. The molecule has 0 N–H and O–H groups in total. The average Bonchev–Trinajstić information content (AvgIpc) is 3.09. The van der Waals surface area contributed by atoms with Gasteiger partial charge in [-0.2, -0.15) is 0 Å². The molecule has 32 heavy (non-hydrogen) atoms. The number of alkyl halides is 3. The van der Waals surface area contributed by atoms with Crippen molar-refractivity contribution in [3.05, 3.63) is 63.2 Å². The Morgan fingerprint density at radius 1 is 1.00 bits per heavy atom. The predicted molar refractivity (Wildman–Crippen MR) is 116 cm³/mol. The Bertz CT molecular complexity index is 1010. The Balaban J connectivity index is 1.55. The van der Waals surface area contributed by atoms with Crippen LogP contribution in [0.3, 0.4) is 0 Å². The minimum atomic E-state index is -4.88. The maximum Gasteiger partial charge on any atom is 0.573 e. The zero-order valence-corrected chi connectivity index (χ0v) is 18.4. The van der Waals surface area contributed by atoms with Gasteiger partial charge in [-0.25, -0.2) is 8.78 Å². The highest BCUT2D eigenvalue weighted by Gasteiger charge is 2.33. The largest absolute Gasteiger partial charge is 0.573 e. The summed E-state index contributed by atoms with van der Waals surface area (Å²) in [4.78, 5) is 0. The molecule has 0 saturated heterocycles. The van der Waals surface area contributed by atoms with E-state index < -0.39 is 23.7 Å². The molecular formula is C25H24ClF5O. The number of ether oxygens (including phenoxy) is 1. The van der Waals surface area contributed by atoms with Gasteiger partial charge in [-0.05, 0) is 90.5 Å². The van der Waals surface area contributed by atoms with Gasteiger partial charge in [0.1, 0.15) is 17.4 Å². The van der Waals surface area contributed by atoms with E-state index in [0.717, 1.165) is 32.1 Å². The zero-order chi connectivity index (χ0) is 23.0. The van der Waals surface area contributed by atoms with E-state index in [1.165, 1.54) is 30.7 Å². The van der Waals surface area contributed by atoms with Gasteiger partial charge in [0.15, 0.2) is 0 Å². The van der Waals surface area contributed by atoms with Gasteiger partial charge in [0.05, 0.1) is 5.02 Å². The molecule has 1 fully saturated rings. The third-order valence-corrected chi connectivity index (χ3v) is 6.83. The van der Waals surface area contributed by atoms with E-state index in [4.69, 9.17) is 11.6 Å². The molecule has 0 amide bonds. The Kier molecular flexibility index (Phi) is 6.53. The molecule has 4 rings (SSSR count). The van der Waals surface area contributed by atoms with Crippen molar-refractivity contribution in [2.45, 2.75) is 64.1 Å². The lowest BCUT2D eigenvalue weighted by Crippen LogP contribution is -2.17. The summed E-state index contributed by atoms with van der Waals surface area (Å²) in [7, 11) is 0. The fourth-order valence-corrected chi connectivity index (χ4v) is 5.24. The molecule has 172 valence electrons. The molecule has 2 aromatic rings. The van der Waals surface area contributed by atoms with Crippen molar-refractivity contribution in [2.75, 3.05) is 0 Å². The fourth-order valence-electron chi connectivity index (χ4n) is 5.03. The summed E-state index contributed by atoms with van der Waals surface area (Å²) >= 11 is 5.90. The second kappa shape index (κ2) is 9.05. The minimum absolute atomic E-state index is 0.0933. The number of halogens is 6. The van der Waals surface area contributed by atoms with Crippen LogP contribution in [0.1, 0.15) is 73.6 Å². The van der Waals surface area contributed by atoms with Crippen molar-refractivity contribution in [2.24, 2.45) is 5.92 Å². The van der Waals surface area contributed by atoms with Crippen molar-refractivity contribution in [1.29, 1.82) is 0 Å². The molecular weight excluding hydrogens is 447 g/mol. The first-order valence-electron chi connectivity index (χ1n) is 10.9. The van der Waals surface area contributed by atoms with Gasteiger partial charge in [-0.3, -0.25) is 0 Å². The minimum Gasteiger partial charge on any atom is -0.404 e. The third-order valence-electron chi connectivity index (χ3n) is 6.53. The van der Waals surface area contributed by atoms with Crippen LogP contribution in [0.5, 0.6) is 5.75 Å². The Labute approximate surface area is 189 Å². The molecule has 2 aromatic carbocycles.